The maximum Gasteiger partial charge on any atom is 0.422 e. The molecule has 0 aromatic heterocycles. The molecule has 0 fully saturated rings. The zero-order chi connectivity index (χ0) is 19.0. The maximum atomic E-state index is 12.2. The lowest BCUT2D eigenvalue weighted by atomic mass is 10.1. The molecule has 148 valence electrons. The van der Waals surface area contributed by atoms with Crippen LogP contribution in [0.5, 0.6) is 11.5 Å². The van der Waals surface area contributed by atoms with Crippen molar-refractivity contribution in [3.63, 3.8) is 0 Å². The van der Waals surface area contributed by atoms with Gasteiger partial charge in [-0.3, -0.25) is 4.79 Å². The molecule has 0 aliphatic heterocycles. The van der Waals surface area contributed by atoms with Gasteiger partial charge in [0.25, 0.3) is 0 Å². The van der Waals surface area contributed by atoms with Crippen LogP contribution in [0.25, 0.3) is 0 Å². The number of nitrogens with two attached hydrogens (primary N) is 1. The molecule has 2 aromatic carbocycles. The topological polar surface area (TPSA) is 73.6 Å². The molecular weight excluding hydrogens is 385 g/mol. The normalized spacial score (nSPS) is 10.7. The number of carbonyl (C=O) groups is 1. The third kappa shape index (κ3) is 8.65. The van der Waals surface area contributed by atoms with Crippen LogP contribution >= 0.6 is 12.4 Å². The SMILES string of the molecule is Cl.NCCOc1ccc(NC(=O)Cc2cccc(OCC(F)(F)F)c2)cc1. The fourth-order valence-electron chi connectivity index (χ4n) is 2.11. The van der Waals surface area contributed by atoms with Crippen LogP contribution in [0.4, 0.5) is 18.9 Å². The van der Waals surface area contributed by atoms with Crippen molar-refractivity contribution in [3.05, 3.63) is 54.1 Å². The van der Waals surface area contributed by atoms with Gasteiger partial charge < -0.3 is 20.5 Å². The van der Waals surface area contributed by atoms with Crippen molar-refractivity contribution in [3.8, 4) is 11.5 Å². The van der Waals surface area contributed by atoms with Gasteiger partial charge in [0, 0.05) is 12.2 Å². The van der Waals surface area contributed by atoms with Crippen LogP contribution in [0.2, 0.25) is 0 Å². The summed E-state index contributed by atoms with van der Waals surface area (Å²) in [6, 6.07) is 12.8. The van der Waals surface area contributed by atoms with Crippen LogP contribution in [0.3, 0.4) is 0 Å². The maximum absolute atomic E-state index is 12.2. The molecule has 2 aromatic rings. The molecule has 0 bridgehead atoms. The first kappa shape index (κ1) is 22.6. The van der Waals surface area contributed by atoms with E-state index < -0.39 is 12.8 Å². The zero-order valence-electron chi connectivity index (χ0n) is 14.3. The fraction of sp³-hybridized carbons (Fsp3) is 0.278. The van der Waals surface area contributed by atoms with Crippen molar-refractivity contribution < 1.29 is 27.4 Å². The van der Waals surface area contributed by atoms with Crippen molar-refractivity contribution in [1.82, 2.24) is 0 Å². The molecule has 0 aliphatic carbocycles. The smallest absolute Gasteiger partial charge is 0.422 e. The predicted molar refractivity (Wildman–Crippen MR) is 98.6 cm³/mol. The Balaban J connectivity index is 0.00000364. The van der Waals surface area contributed by atoms with Gasteiger partial charge in [-0.25, -0.2) is 0 Å². The number of anilines is 1. The Morgan fingerprint density at radius 3 is 2.37 bits per heavy atom. The molecule has 5 nitrogen and oxygen atoms in total. The summed E-state index contributed by atoms with van der Waals surface area (Å²) in [7, 11) is 0. The molecule has 0 radical (unpaired) electrons. The molecule has 0 heterocycles. The first-order valence-corrected chi connectivity index (χ1v) is 7.87. The number of hydrogen-bond donors (Lipinski definition) is 2. The minimum atomic E-state index is -4.41. The van der Waals surface area contributed by atoms with Gasteiger partial charge in [0.1, 0.15) is 18.1 Å². The zero-order valence-corrected chi connectivity index (χ0v) is 15.1. The van der Waals surface area contributed by atoms with Gasteiger partial charge in [-0.05, 0) is 42.0 Å². The number of rotatable bonds is 8. The second kappa shape index (κ2) is 10.6. The summed E-state index contributed by atoms with van der Waals surface area (Å²) in [5.74, 6) is 0.408. The van der Waals surface area contributed by atoms with Gasteiger partial charge >= 0.3 is 6.18 Å². The Hall–Kier alpha value is -2.45. The first-order valence-electron chi connectivity index (χ1n) is 7.87. The Labute approximate surface area is 161 Å². The van der Waals surface area contributed by atoms with Crippen molar-refractivity contribution in [2.45, 2.75) is 12.6 Å². The molecule has 0 atom stereocenters. The summed E-state index contributed by atoms with van der Waals surface area (Å²) in [5, 5.41) is 2.71. The van der Waals surface area contributed by atoms with Gasteiger partial charge in [0.05, 0.1) is 6.42 Å². The molecule has 2 rings (SSSR count). The van der Waals surface area contributed by atoms with E-state index in [1.807, 2.05) is 0 Å². The summed E-state index contributed by atoms with van der Waals surface area (Å²) in [6.45, 7) is -0.566. The Kier molecular flexibility index (Phi) is 8.90. The molecule has 0 saturated carbocycles. The predicted octanol–water partition coefficient (Wildman–Crippen LogP) is 3.57. The van der Waals surface area contributed by atoms with Crippen LogP contribution in [0, 0.1) is 0 Å². The van der Waals surface area contributed by atoms with Gasteiger partial charge in [-0.2, -0.15) is 13.2 Å². The number of nitrogens with one attached hydrogen (secondary N) is 1. The summed E-state index contributed by atoms with van der Waals surface area (Å²) >= 11 is 0. The standard InChI is InChI=1S/C18H19F3N2O3.ClH/c19-18(20,21)12-26-16-3-1-2-13(10-16)11-17(24)23-14-4-6-15(7-5-14)25-9-8-22;/h1-7,10H,8-9,11-12,22H2,(H,23,24);1H. The van der Waals surface area contributed by atoms with Crippen LogP contribution in [-0.2, 0) is 11.2 Å². The van der Waals surface area contributed by atoms with E-state index in [2.05, 4.69) is 10.1 Å². The number of amides is 1. The van der Waals surface area contributed by atoms with E-state index in [-0.39, 0.29) is 30.5 Å². The number of benzene rings is 2. The second-order valence-corrected chi connectivity index (χ2v) is 5.44. The van der Waals surface area contributed by atoms with Crippen molar-refractivity contribution >= 4 is 24.0 Å². The lowest BCUT2D eigenvalue weighted by Crippen LogP contribution is -2.19. The van der Waals surface area contributed by atoms with Crippen molar-refractivity contribution in [2.24, 2.45) is 5.73 Å². The largest absolute Gasteiger partial charge is 0.492 e. The molecular formula is C18H20ClF3N2O3. The number of ether oxygens (including phenoxy) is 2. The highest BCUT2D eigenvalue weighted by Crippen LogP contribution is 2.20. The Morgan fingerprint density at radius 1 is 1.04 bits per heavy atom. The van der Waals surface area contributed by atoms with Gasteiger partial charge in [-0.15, -0.1) is 12.4 Å². The third-order valence-electron chi connectivity index (χ3n) is 3.19. The Morgan fingerprint density at radius 2 is 1.74 bits per heavy atom. The quantitative estimate of drug-likeness (QED) is 0.705. The average Bonchev–Trinajstić information content (AvgIpc) is 2.59. The lowest BCUT2D eigenvalue weighted by molar-refractivity contribution is -0.153. The van der Waals surface area contributed by atoms with Crippen molar-refractivity contribution in [1.29, 1.82) is 0 Å². The van der Waals surface area contributed by atoms with E-state index in [1.54, 1.807) is 30.3 Å². The minimum absolute atomic E-state index is 0. The van der Waals surface area contributed by atoms with E-state index in [1.165, 1.54) is 18.2 Å². The van der Waals surface area contributed by atoms with Crippen LogP contribution in [0.1, 0.15) is 5.56 Å². The molecule has 0 spiro atoms. The summed E-state index contributed by atoms with van der Waals surface area (Å²) < 4.78 is 46.6. The first-order chi connectivity index (χ1) is 12.4. The van der Waals surface area contributed by atoms with Gasteiger partial charge in [-0.1, -0.05) is 12.1 Å². The number of alkyl halides is 3. The molecule has 1 amide bonds. The molecule has 0 aliphatic rings. The molecule has 0 saturated heterocycles. The fourth-order valence-corrected chi connectivity index (χ4v) is 2.11. The van der Waals surface area contributed by atoms with Crippen molar-refractivity contribution in [2.75, 3.05) is 25.1 Å². The number of halogens is 4. The van der Waals surface area contributed by atoms with Gasteiger partial charge in [0.2, 0.25) is 5.91 Å². The summed E-state index contributed by atoms with van der Waals surface area (Å²) in [6.07, 6.45) is -4.40. The third-order valence-corrected chi connectivity index (χ3v) is 3.19. The Bertz CT molecular complexity index is 725. The second-order valence-electron chi connectivity index (χ2n) is 5.44. The van der Waals surface area contributed by atoms with E-state index >= 15 is 0 Å². The molecule has 9 heteroatoms. The number of carbonyl (C=O) groups excluding carboxylic acids is 1. The monoisotopic (exact) mass is 404 g/mol. The minimum Gasteiger partial charge on any atom is -0.492 e. The molecule has 27 heavy (non-hydrogen) atoms. The highest BCUT2D eigenvalue weighted by Gasteiger charge is 2.28. The lowest BCUT2D eigenvalue weighted by Gasteiger charge is -2.11. The summed E-state index contributed by atoms with van der Waals surface area (Å²) in [5.41, 5.74) is 6.48. The molecule has 0 unspecified atom stereocenters. The average molecular weight is 405 g/mol. The van der Waals surface area contributed by atoms with E-state index in [0.29, 0.717) is 30.2 Å². The van der Waals surface area contributed by atoms with E-state index in [4.69, 9.17) is 10.5 Å². The highest BCUT2D eigenvalue weighted by molar-refractivity contribution is 5.92. The van der Waals surface area contributed by atoms with Gasteiger partial charge in [0.15, 0.2) is 6.61 Å². The van der Waals surface area contributed by atoms with E-state index in [9.17, 15) is 18.0 Å². The van der Waals surface area contributed by atoms with E-state index in [0.717, 1.165) is 0 Å². The number of hydrogen-bond acceptors (Lipinski definition) is 4. The van der Waals surface area contributed by atoms with Crippen LogP contribution < -0.4 is 20.5 Å². The highest BCUT2D eigenvalue weighted by atomic mass is 35.5. The van der Waals surface area contributed by atoms with Crippen LogP contribution in [0.15, 0.2) is 48.5 Å². The summed E-state index contributed by atoms with van der Waals surface area (Å²) in [4.78, 5) is 12.1. The molecule has 3 N–H and O–H groups in total. The van der Waals surface area contributed by atoms with Crippen LogP contribution in [-0.4, -0.2) is 31.8 Å².